The first-order valence-corrected chi connectivity index (χ1v) is 15.2. The maximum atomic E-state index is 15.6. The highest BCUT2D eigenvalue weighted by Gasteiger charge is 2.57. The molecule has 1 aromatic carbocycles. The number of esters is 1. The highest BCUT2D eigenvalue weighted by atomic mass is 35.5. The van der Waals surface area contributed by atoms with Crippen molar-refractivity contribution in [1.82, 2.24) is 4.98 Å². The van der Waals surface area contributed by atoms with Crippen molar-refractivity contribution in [3.8, 4) is 0 Å². The average molecular weight is 630 g/mol. The normalized spacial score (nSPS) is 25.3. The number of aromatic nitrogens is 1. The van der Waals surface area contributed by atoms with Gasteiger partial charge < -0.3 is 4.74 Å². The van der Waals surface area contributed by atoms with Gasteiger partial charge in [0.1, 0.15) is 22.7 Å². The molecule has 4 rings (SSSR count). The third kappa shape index (κ3) is 5.84. The Labute approximate surface area is 247 Å². The molecule has 13 heteroatoms. The van der Waals surface area contributed by atoms with Gasteiger partial charge in [0.05, 0.1) is 36.7 Å². The Morgan fingerprint density at radius 1 is 1.12 bits per heavy atom. The van der Waals surface area contributed by atoms with Gasteiger partial charge in [-0.25, -0.2) is 13.0 Å². The summed E-state index contributed by atoms with van der Waals surface area (Å²) in [5, 5.41) is -1.14. The number of ether oxygens (including phenoxy) is 1. The number of rotatable bonds is 6. The van der Waals surface area contributed by atoms with Crippen LogP contribution in [0.3, 0.4) is 0 Å². The minimum absolute atomic E-state index is 0.0614. The molecule has 0 bridgehead atoms. The van der Waals surface area contributed by atoms with Crippen molar-refractivity contribution < 1.29 is 36.1 Å². The van der Waals surface area contributed by atoms with Crippen LogP contribution in [0.2, 0.25) is 5.02 Å². The van der Waals surface area contributed by atoms with Crippen LogP contribution < -0.4 is 0 Å². The first-order chi connectivity index (χ1) is 19.2. The van der Waals surface area contributed by atoms with Gasteiger partial charge in [-0.15, -0.1) is 0 Å². The van der Waals surface area contributed by atoms with Crippen LogP contribution in [0.4, 0.5) is 17.6 Å². The summed E-state index contributed by atoms with van der Waals surface area (Å²) in [6, 6.07) is 4.58. The largest absolute Gasteiger partial charge is 0.460 e. The number of carbonyl (C=O) groups is 2. The van der Waals surface area contributed by atoms with Gasteiger partial charge in [-0.2, -0.15) is 13.2 Å². The number of carbonyl (C=O) groups excluding carboxylic acids is 2. The molecule has 0 fully saturated rings. The molecule has 2 aliphatic rings. The topological polar surface area (TPSA) is 98.1 Å². The minimum Gasteiger partial charge on any atom is -0.460 e. The molecule has 0 saturated carbocycles. The van der Waals surface area contributed by atoms with E-state index in [4.69, 9.17) is 21.3 Å². The van der Waals surface area contributed by atoms with Gasteiger partial charge in [0.2, 0.25) is 0 Å². The first-order valence-electron chi connectivity index (χ1n) is 13.3. The summed E-state index contributed by atoms with van der Waals surface area (Å²) in [7, 11) is -3.05. The maximum absolute atomic E-state index is 15.6. The second kappa shape index (κ2) is 10.7. The molecule has 3 heterocycles. The van der Waals surface area contributed by atoms with E-state index in [1.165, 1.54) is 12.1 Å². The summed E-state index contributed by atoms with van der Waals surface area (Å²) in [5.74, 6) is -1.90. The van der Waals surface area contributed by atoms with E-state index in [0.717, 1.165) is 6.07 Å². The van der Waals surface area contributed by atoms with Crippen LogP contribution in [-0.4, -0.2) is 48.8 Å². The predicted octanol–water partition coefficient (Wildman–Crippen LogP) is 6.74. The minimum atomic E-state index is -4.68. The van der Waals surface area contributed by atoms with Gasteiger partial charge in [0.15, 0.2) is 5.78 Å². The van der Waals surface area contributed by atoms with Crippen LogP contribution in [0.5, 0.6) is 0 Å². The standard InChI is InChI=1S/C29H32ClF4N3O4S/c1-26(2,3)41-24(39)14-22-27(4,5)42(40)23(9-10-36-42)28(6,37-22)18-11-16(7-8-20(18)31)12-21(38)25-19(30)13-17(15-35-25)29(32,33)34/h7-8,11,13,15,23H,9-10,12,14H2,1-6H3/t23-,28+,42+/m0/s1. The van der Waals surface area contributed by atoms with Gasteiger partial charge in [-0.05, 0) is 71.7 Å². The number of benzene rings is 1. The third-order valence-electron chi connectivity index (χ3n) is 7.59. The van der Waals surface area contributed by atoms with Crippen molar-refractivity contribution in [2.75, 3.05) is 6.54 Å². The second-order valence-corrected chi connectivity index (χ2v) is 15.5. The molecule has 0 radical (unpaired) electrons. The average Bonchev–Trinajstić information content (AvgIpc) is 3.26. The summed E-state index contributed by atoms with van der Waals surface area (Å²) in [6.07, 6.45) is -4.39. The maximum Gasteiger partial charge on any atom is 0.417 e. The van der Waals surface area contributed by atoms with Crippen molar-refractivity contribution in [2.24, 2.45) is 9.36 Å². The van der Waals surface area contributed by atoms with Crippen LogP contribution in [-0.2, 0) is 37.4 Å². The Hall–Kier alpha value is -2.86. The van der Waals surface area contributed by atoms with Crippen molar-refractivity contribution in [3.63, 3.8) is 0 Å². The number of halogens is 5. The number of ketones is 1. The molecule has 0 aliphatic carbocycles. The Bertz CT molecular complexity index is 1610. The Balaban J connectivity index is 1.75. The molecule has 0 saturated heterocycles. The van der Waals surface area contributed by atoms with E-state index in [1.807, 2.05) is 0 Å². The van der Waals surface area contributed by atoms with E-state index in [-0.39, 0.29) is 36.4 Å². The SMILES string of the molecule is CC(C)(C)OC(=O)CC1=N[C@](C)(c2cc(CC(=O)c3ncc(C(F)(F)F)cc3Cl)ccc2F)[C@@H]2CCN=[S@]2(=O)C1(C)C. The van der Waals surface area contributed by atoms with Gasteiger partial charge in [-0.1, -0.05) is 17.7 Å². The fourth-order valence-electron chi connectivity index (χ4n) is 5.46. The highest BCUT2D eigenvalue weighted by molar-refractivity contribution is 7.96. The lowest BCUT2D eigenvalue weighted by Gasteiger charge is -2.46. The Morgan fingerprint density at radius 2 is 1.79 bits per heavy atom. The van der Waals surface area contributed by atoms with Crippen molar-refractivity contribution >= 4 is 38.8 Å². The summed E-state index contributed by atoms with van der Waals surface area (Å²) in [5.41, 5.74) is -2.95. The summed E-state index contributed by atoms with van der Waals surface area (Å²) < 4.78 is 77.9. The number of nitrogens with zero attached hydrogens (tertiary/aromatic N) is 3. The molecule has 228 valence electrons. The van der Waals surface area contributed by atoms with Crippen LogP contribution >= 0.6 is 11.6 Å². The quantitative estimate of drug-likeness (QED) is 0.200. The molecule has 3 atom stereocenters. The van der Waals surface area contributed by atoms with E-state index in [2.05, 4.69) is 9.35 Å². The van der Waals surface area contributed by atoms with Crippen LogP contribution in [0.25, 0.3) is 0 Å². The fourth-order valence-corrected chi connectivity index (χ4v) is 9.00. The van der Waals surface area contributed by atoms with Crippen molar-refractivity contribution in [1.29, 1.82) is 0 Å². The molecule has 1 aromatic heterocycles. The monoisotopic (exact) mass is 629 g/mol. The van der Waals surface area contributed by atoms with Crippen molar-refractivity contribution in [3.05, 3.63) is 63.7 Å². The molecule has 2 aromatic rings. The summed E-state index contributed by atoms with van der Waals surface area (Å²) in [6.45, 7) is 10.5. The molecule has 7 nitrogen and oxygen atoms in total. The predicted molar refractivity (Wildman–Crippen MR) is 152 cm³/mol. The Morgan fingerprint density at radius 3 is 2.38 bits per heavy atom. The number of alkyl halides is 3. The zero-order valence-corrected chi connectivity index (χ0v) is 25.6. The molecule has 0 spiro atoms. The van der Waals surface area contributed by atoms with Gasteiger partial charge >= 0.3 is 12.1 Å². The zero-order chi connectivity index (χ0) is 31.5. The number of fused-ring (bicyclic) bond motifs is 1. The number of hydrogen-bond acceptors (Lipinski definition) is 7. The molecule has 42 heavy (non-hydrogen) atoms. The van der Waals surface area contributed by atoms with Gasteiger partial charge in [0, 0.05) is 30.4 Å². The lowest BCUT2D eigenvalue weighted by atomic mass is 9.84. The van der Waals surface area contributed by atoms with Crippen LogP contribution in [0.15, 0.2) is 39.8 Å². The van der Waals surface area contributed by atoms with E-state index < -0.39 is 65.2 Å². The van der Waals surface area contributed by atoms with E-state index in [1.54, 1.807) is 41.5 Å². The van der Waals surface area contributed by atoms with E-state index in [0.29, 0.717) is 24.2 Å². The molecule has 0 N–H and O–H groups in total. The highest BCUT2D eigenvalue weighted by Crippen LogP contribution is 2.49. The number of aliphatic imine (C=N–C) groups is 1. The number of Topliss-reactive ketones (excluding diaryl/α,β-unsaturated/α-hetero) is 1. The smallest absolute Gasteiger partial charge is 0.417 e. The van der Waals surface area contributed by atoms with Crippen LogP contribution in [0, 0.1) is 5.82 Å². The zero-order valence-electron chi connectivity index (χ0n) is 24.1. The van der Waals surface area contributed by atoms with Crippen LogP contribution in [0.1, 0.15) is 81.6 Å². The second-order valence-electron chi connectivity index (χ2n) is 12.1. The van der Waals surface area contributed by atoms with Gasteiger partial charge in [0.25, 0.3) is 0 Å². The Kier molecular flexibility index (Phi) is 8.16. The molecular weight excluding hydrogens is 598 g/mol. The number of pyridine rings is 1. The fraction of sp³-hybridized carbons (Fsp3) is 0.517. The van der Waals surface area contributed by atoms with E-state index in [9.17, 15) is 27.0 Å². The molecule has 0 unspecified atom stereocenters. The molecule has 2 aliphatic heterocycles. The summed E-state index contributed by atoms with van der Waals surface area (Å²) in [4.78, 5) is 34.3. The number of hydrogen-bond donors (Lipinski definition) is 0. The molecular formula is C29H32ClF4N3O4S. The van der Waals surface area contributed by atoms with E-state index >= 15 is 4.39 Å². The lowest BCUT2D eigenvalue weighted by Crippen LogP contribution is -2.56. The first kappa shape index (κ1) is 32.1. The summed E-state index contributed by atoms with van der Waals surface area (Å²) >= 11 is 5.96. The molecule has 0 amide bonds. The lowest BCUT2D eigenvalue weighted by molar-refractivity contribution is -0.153. The third-order valence-corrected chi connectivity index (χ3v) is 11.6. The van der Waals surface area contributed by atoms with Crippen molar-refractivity contribution in [2.45, 2.75) is 88.1 Å². The van der Waals surface area contributed by atoms with Gasteiger partial charge in [-0.3, -0.25) is 19.6 Å².